The Bertz CT molecular complexity index is 497. The van der Waals surface area contributed by atoms with Gasteiger partial charge in [0.05, 0.1) is 12.1 Å². The molecule has 2 heterocycles. The van der Waals surface area contributed by atoms with Crippen LogP contribution in [0.25, 0.3) is 0 Å². The molecule has 1 fully saturated rings. The fourth-order valence-electron chi connectivity index (χ4n) is 2.35. The number of hydrogen-bond donors (Lipinski definition) is 2. The summed E-state index contributed by atoms with van der Waals surface area (Å²) in [6.45, 7) is 0. The second-order valence-corrected chi connectivity index (χ2v) is 6.82. The third-order valence-corrected chi connectivity index (χ3v) is 5.42. The van der Waals surface area contributed by atoms with Gasteiger partial charge in [0, 0.05) is 22.3 Å². The first-order chi connectivity index (χ1) is 9.24. The Morgan fingerprint density at radius 2 is 2.30 bits per heavy atom. The first-order valence-corrected chi connectivity index (χ1v) is 8.42. The summed E-state index contributed by atoms with van der Waals surface area (Å²) < 4.78 is 13.4. The van der Waals surface area contributed by atoms with Gasteiger partial charge in [0.25, 0.3) is 0 Å². The van der Waals surface area contributed by atoms with Gasteiger partial charge in [-0.15, -0.1) is 35.9 Å². The largest absolute Gasteiger partial charge is 0.348 e. The third kappa shape index (κ3) is 3.42. The fraction of sp³-hybridized carbons (Fsp3) is 0.462. The molecule has 2 N–H and O–H groups in total. The normalized spacial score (nSPS) is 24.6. The van der Waals surface area contributed by atoms with Gasteiger partial charge >= 0.3 is 0 Å². The van der Waals surface area contributed by atoms with E-state index in [1.165, 1.54) is 6.07 Å². The van der Waals surface area contributed by atoms with Gasteiger partial charge in [0.15, 0.2) is 0 Å². The molecule has 1 aromatic rings. The molecule has 0 saturated carbocycles. The van der Waals surface area contributed by atoms with Crippen LogP contribution in [-0.4, -0.2) is 29.3 Å². The molecule has 0 spiro atoms. The van der Waals surface area contributed by atoms with E-state index in [2.05, 4.69) is 10.6 Å². The maximum Gasteiger partial charge on any atom is 0.238 e. The number of carbonyl (C=O) groups is 1. The zero-order valence-corrected chi connectivity index (χ0v) is 13.2. The van der Waals surface area contributed by atoms with Crippen LogP contribution in [0, 0.1) is 5.82 Å². The lowest BCUT2D eigenvalue weighted by Crippen LogP contribution is -2.44. The predicted octanol–water partition coefficient (Wildman–Crippen LogP) is 2.56. The summed E-state index contributed by atoms with van der Waals surface area (Å²) in [6.07, 6.45) is 0.854. The molecule has 2 atom stereocenters. The molecule has 2 unspecified atom stereocenters. The molecule has 110 valence electrons. The van der Waals surface area contributed by atoms with Crippen LogP contribution in [0.5, 0.6) is 0 Å². The third-order valence-electron chi connectivity index (χ3n) is 3.36. The standard InChI is InChI=1S/C13H15FN2OS2.ClH/c14-8-1-2-12-9(5-8)10(3-4-19-12)16-13(17)11-6-18-7-15-11;/h1-2,5,10-11,15H,3-4,6-7H2,(H,16,17);1H. The van der Waals surface area contributed by atoms with Gasteiger partial charge in [-0.2, -0.15) is 0 Å². The lowest BCUT2D eigenvalue weighted by atomic mass is 10.0. The number of carbonyl (C=O) groups excluding carboxylic acids is 1. The summed E-state index contributed by atoms with van der Waals surface area (Å²) >= 11 is 3.45. The number of hydrogen-bond acceptors (Lipinski definition) is 4. The maximum atomic E-state index is 13.4. The lowest BCUT2D eigenvalue weighted by Gasteiger charge is -2.27. The number of fused-ring (bicyclic) bond motifs is 1. The Morgan fingerprint density at radius 3 is 3.05 bits per heavy atom. The van der Waals surface area contributed by atoms with Crippen LogP contribution in [0.2, 0.25) is 0 Å². The minimum atomic E-state index is -0.241. The molecule has 1 amide bonds. The van der Waals surface area contributed by atoms with Crippen molar-refractivity contribution in [3.8, 4) is 0 Å². The highest BCUT2D eigenvalue weighted by molar-refractivity contribution is 7.99. The van der Waals surface area contributed by atoms with Crippen molar-refractivity contribution in [2.75, 3.05) is 17.4 Å². The van der Waals surface area contributed by atoms with Crippen molar-refractivity contribution < 1.29 is 9.18 Å². The van der Waals surface area contributed by atoms with Crippen LogP contribution in [-0.2, 0) is 4.79 Å². The molecular weight excluding hydrogens is 319 g/mol. The van der Waals surface area contributed by atoms with Gasteiger partial charge < -0.3 is 5.32 Å². The monoisotopic (exact) mass is 334 g/mol. The van der Waals surface area contributed by atoms with Gasteiger partial charge in [-0.1, -0.05) is 0 Å². The van der Waals surface area contributed by atoms with E-state index in [4.69, 9.17) is 0 Å². The maximum absolute atomic E-state index is 13.4. The molecule has 3 nitrogen and oxygen atoms in total. The molecular formula is C13H16ClFN2OS2. The highest BCUT2D eigenvalue weighted by Crippen LogP contribution is 2.36. The van der Waals surface area contributed by atoms with Gasteiger partial charge in [0.1, 0.15) is 5.82 Å². The molecule has 1 aromatic carbocycles. The first-order valence-electron chi connectivity index (χ1n) is 6.28. The molecule has 0 bridgehead atoms. The minimum absolute atomic E-state index is 0. The van der Waals surface area contributed by atoms with E-state index in [0.717, 1.165) is 34.3 Å². The summed E-state index contributed by atoms with van der Waals surface area (Å²) in [6, 6.07) is 4.65. The van der Waals surface area contributed by atoms with Crippen LogP contribution in [0.4, 0.5) is 4.39 Å². The molecule has 1 saturated heterocycles. The molecule has 0 aromatic heterocycles. The van der Waals surface area contributed by atoms with Gasteiger partial charge in [0.2, 0.25) is 5.91 Å². The Balaban J connectivity index is 0.00000147. The Labute approximate surface area is 132 Å². The Hall–Kier alpha value is -0.430. The molecule has 20 heavy (non-hydrogen) atoms. The minimum Gasteiger partial charge on any atom is -0.348 e. The molecule has 2 aliphatic heterocycles. The number of amides is 1. The van der Waals surface area contributed by atoms with Crippen LogP contribution < -0.4 is 10.6 Å². The van der Waals surface area contributed by atoms with Crippen molar-refractivity contribution in [3.05, 3.63) is 29.6 Å². The average molecular weight is 335 g/mol. The Kier molecular flexibility index (Phi) is 5.60. The number of halogens is 2. The predicted molar refractivity (Wildman–Crippen MR) is 84.1 cm³/mol. The number of thioether (sulfide) groups is 2. The van der Waals surface area contributed by atoms with Crippen molar-refractivity contribution in [3.63, 3.8) is 0 Å². The van der Waals surface area contributed by atoms with Crippen molar-refractivity contribution in [1.82, 2.24) is 10.6 Å². The van der Waals surface area contributed by atoms with E-state index >= 15 is 0 Å². The van der Waals surface area contributed by atoms with Gasteiger partial charge in [-0.25, -0.2) is 4.39 Å². The van der Waals surface area contributed by atoms with E-state index in [0.29, 0.717) is 0 Å². The van der Waals surface area contributed by atoms with Crippen LogP contribution >= 0.6 is 35.9 Å². The van der Waals surface area contributed by atoms with E-state index < -0.39 is 0 Å². The SMILES string of the molecule is Cl.O=C(NC1CCSc2ccc(F)cc21)C1CSCN1. The topological polar surface area (TPSA) is 41.1 Å². The first kappa shape index (κ1) is 15.9. The molecule has 2 aliphatic rings. The van der Waals surface area contributed by atoms with Crippen LogP contribution in [0.1, 0.15) is 18.0 Å². The summed E-state index contributed by atoms with van der Waals surface area (Å²) in [5.74, 6) is 2.37. The van der Waals surface area contributed by atoms with Crippen LogP contribution in [0.3, 0.4) is 0 Å². The second kappa shape index (κ2) is 7.02. The average Bonchev–Trinajstić information content (AvgIpc) is 2.93. The van der Waals surface area contributed by atoms with Crippen molar-refractivity contribution in [1.29, 1.82) is 0 Å². The van der Waals surface area contributed by atoms with E-state index in [9.17, 15) is 9.18 Å². The summed E-state index contributed by atoms with van der Waals surface area (Å²) in [5, 5.41) is 6.20. The summed E-state index contributed by atoms with van der Waals surface area (Å²) in [5.41, 5.74) is 0.912. The van der Waals surface area contributed by atoms with E-state index in [1.807, 2.05) is 0 Å². The van der Waals surface area contributed by atoms with Gasteiger partial charge in [-0.3, -0.25) is 10.1 Å². The molecule has 3 rings (SSSR count). The van der Waals surface area contributed by atoms with Crippen molar-refractivity contribution >= 4 is 41.8 Å². The number of rotatable bonds is 2. The summed E-state index contributed by atoms with van der Waals surface area (Å²) in [7, 11) is 0. The van der Waals surface area contributed by atoms with Crippen molar-refractivity contribution in [2.45, 2.75) is 23.4 Å². The van der Waals surface area contributed by atoms with Gasteiger partial charge in [-0.05, 0) is 30.2 Å². The second-order valence-electron chi connectivity index (χ2n) is 4.65. The molecule has 0 aliphatic carbocycles. The van der Waals surface area contributed by atoms with Crippen molar-refractivity contribution in [2.24, 2.45) is 0 Å². The number of benzene rings is 1. The highest BCUT2D eigenvalue weighted by atomic mass is 35.5. The van der Waals surface area contributed by atoms with Crippen LogP contribution in [0.15, 0.2) is 23.1 Å². The Morgan fingerprint density at radius 1 is 1.45 bits per heavy atom. The smallest absolute Gasteiger partial charge is 0.238 e. The van der Waals surface area contributed by atoms with E-state index in [-0.39, 0.29) is 36.2 Å². The lowest BCUT2D eigenvalue weighted by molar-refractivity contribution is -0.123. The fourth-order valence-corrected chi connectivity index (χ4v) is 4.40. The highest BCUT2D eigenvalue weighted by Gasteiger charge is 2.27. The summed E-state index contributed by atoms with van der Waals surface area (Å²) in [4.78, 5) is 13.2. The zero-order chi connectivity index (χ0) is 13.2. The van der Waals surface area contributed by atoms with E-state index in [1.54, 1.807) is 35.7 Å². The number of nitrogens with one attached hydrogen (secondary N) is 2. The molecule has 7 heteroatoms. The quantitative estimate of drug-likeness (QED) is 0.872. The molecule has 0 radical (unpaired) electrons. The zero-order valence-electron chi connectivity index (χ0n) is 10.7.